The molecule has 0 aliphatic rings. The molecule has 1 aromatic rings. The number of benzene rings is 1. The number of rotatable bonds is 4. The Morgan fingerprint density at radius 1 is 1.62 bits per heavy atom. The van der Waals surface area contributed by atoms with Gasteiger partial charge in [0.15, 0.2) is 0 Å². The van der Waals surface area contributed by atoms with E-state index in [9.17, 15) is 9.90 Å². The molecule has 0 aliphatic heterocycles. The Kier molecular flexibility index (Phi) is 4.79. The van der Waals surface area contributed by atoms with E-state index in [2.05, 4.69) is 10.5 Å². The predicted octanol–water partition coefficient (Wildman–Crippen LogP) is 2.56. The molecule has 2 N–H and O–H groups in total. The number of phenolic OH excluding ortho intramolecular Hbond substituents is 1. The molecule has 0 heterocycles. The van der Waals surface area contributed by atoms with Crippen molar-refractivity contribution in [1.82, 2.24) is 5.43 Å². The number of aromatic hydroxyl groups is 1. The summed E-state index contributed by atoms with van der Waals surface area (Å²) in [5.74, 6) is -0.614. The minimum absolute atomic E-state index is 0.151. The summed E-state index contributed by atoms with van der Waals surface area (Å²) in [6, 6.07) is 4.29. The lowest BCUT2D eigenvalue weighted by Gasteiger charge is -2.02. The first kappa shape index (κ1) is 12.5. The smallest absolute Gasteiger partial charge is 0.275 e. The number of hydrogen-bond acceptors (Lipinski definition) is 3. The van der Waals surface area contributed by atoms with Crippen molar-refractivity contribution in [2.45, 2.75) is 19.8 Å². The van der Waals surface area contributed by atoms with Crippen molar-refractivity contribution in [2.75, 3.05) is 0 Å². The largest absolute Gasteiger partial charge is 0.507 e. The van der Waals surface area contributed by atoms with Gasteiger partial charge >= 0.3 is 0 Å². The summed E-state index contributed by atoms with van der Waals surface area (Å²) in [6.45, 7) is 2.01. The third-order valence-electron chi connectivity index (χ3n) is 1.88. The zero-order chi connectivity index (χ0) is 12.0. The van der Waals surface area contributed by atoms with Gasteiger partial charge in [-0.2, -0.15) is 5.10 Å². The molecule has 5 heteroatoms. The zero-order valence-electron chi connectivity index (χ0n) is 8.90. The standard InChI is InChI=1S/C11H13ClN2O2/c1-2-3-6-13-14-11(16)9-5-4-8(12)7-10(9)15/h4-7,15H,2-3H2,1H3,(H,14,16). The minimum atomic E-state index is -0.457. The van der Waals surface area contributed by atoms with Crippen molar-refractivity contribution < 1.29 is 9.90 Å². The van der Waals surface area contributed by atoms with Crippen LogP contribution in [0.1, 0.15) is 30.1 Å². The molecule has 1 amide bonds. The molecule has 0 saturated heterocycles. The number of halogens is 1. The van der Waals surface area contributed by atoms with Crippen LogP contribution in [0.5, 0.6) is 5.75 Å². The van der Waals surface area contributed by atoms with E-state index in [1.165, 1.54) is 18.2 Å². The lowest BCUT2D eigenvalue weighted by molar-refractivity contribution is 0.0952. The van der Waals surface area contributed by atoms with E-state index in [1.54, 1.807) is 6.21 Å². The fourth-order valence-electron chi connectivity index (χ4n) is 1.05. The van der Waals surface area contributed by atoms with Crippen molar-refractivity contribution >= 4 is 23.7 Å². The maximum Gasteiger partial charge on any atom is 0.275 e. The molecule has 0 bridgehead atoms. The fourth-order valence-corrected chi connectivity index (χ4v) is 1.22. The third-order valence-corrected chi connectivity index (χ3v) is 2.11. The van der Waals surface area contributed by atoms with Gasteiger partial charge in [-0.1, -0.05) is 24.9 Å². The number of hydrogen-bond donors (Lipinski definition) is 2. The maximum absolute atomic E-state index is 11.5. The Morgan fingerprint density at radius 2 is 2.38 bits per heavy atom. The number of unbranched alkanes of at least 4 members (excludes halogenated alkanes) is 1. The van der Waals surface area contributed by atoms with Gasteiger partial charge in [-0.3, -0.25) is 4.79 Å². The van der Waals surface area contributed by atoms with E-state index < -0.39 is 5.91 Å². The van der Waals surface area contributed by atoms with Gasteiger partial charge in [0.25, 0.3) is 5.91 Å². The highest BCUT2D eigenvalue weighted by atomic mass is 35.5. The van der Waals surface area contributed by atoms with Gasteiger partial charge < -0.3 is 5.11 Å². The van der Waals surface area contributed by atoms with Gasteiger partial charge in [-0.25, -0.2) is 5.43 Å². The summed E-state index contributed by atoms with van der Waals surface area (Å²) in [5.41, 5.74) is 2.47. The van der Waals surface area contributed by atoms with Crippen LogP contribution >= 0.6 is 11.6 Å². The van der Waals surface area contributed by atoms with Gasteiger partial charge in [-0.15, -0.1) is 0 Å². The van der Waals surface area contributed by atoms with Gasteiger partial charge in [-0.05, 0) is 24.6 Å². The SMILES string of the molecule is CCCC=NNC(=O)c1ccc(Cl)cc1O. The van der Waals surface area contributed by atoms with E-state index in [4.69, 9.17) is 11.6 Å². The summed E-state index contributed by atoms with van der Waals surface area (Å²) in [6.07, 6.45) is 3.38. The normalized spacial score (nSPS) is 10.6. The van der Waals surface area contributed by atoms with E-state index in [-0.39, 0.29) is 11.3 Å². The average molecular weight is 241 g/mol. The molecule has 1 rings (SSSR count). The fraction of sp³-hybridized carbons (Fsp3) is 0.273. The molecule has 0 aromatic heterocycles. The Balaban J connectivity index is 2.66. The first-order chi connectivity index (χ1) is 7.65. The quantitative estimate of drug-likeness (QED) is 0.628. The van der Waals surface area contributed by atoms with E-state index in [0.29, 0.717) is 5.02 Å². The van der Waals surface area contributed by atoms with Gasteiger partial charge in [0.05, 0.1) is 5.56 Å². The van der Waals surface area contributed by atoms with Crippen LogP contribution in [0.2, 0.25) is 5.02 Å². The number of hydrazone groups is 1. The molecule has 0 atom stereocenters. The number of carbonyl (C=O) groups excluding carboxylic acids is 1. The minimum Gasteiger partial charge on any atom is -0.507 e. The molecule has 1 aromatic carbocycles. The summed E-state index contributed by atoms with van der Waals surface area (Å²) in [4.78, 5) is 11.5. The lowest BCUT2D eigenvalue weighted by atomic mass is 10.2. The van der Waals surface area contributed by atoms with Gasteiger partial charge in [0.1, 0.15) is 5.75 Å². The van der Waals surface area contributed by atoms with Crippen molar-refractivity contribution in [3.05, 3.63) is 28.8 Å². The van der Waals surface area contributed by atoms with Crippen LogP contribution in [0, 0.1) is 0 Å². The first-order valence-electron chi connectivity index (χ1n) is 4.95. The summed E-state index contributed by atoms with van der Waals surface area (Å²) in [5, 5.41) is 13.6. The topological polar surface area (TPSA) is 61.7 Å². The molecule has 0 radical (unpaired) electrons. The molecule has 86 valence electrons. The molecule has 0 saturated carbocycles. The maximum atomic E-state index is 11.5. The highest BCUT2D eigenvalue weighted by Crippen LogP contribution is 2.21. The molecular weight excluding hydrogens is 228 g/mol. The Labute approximate surface area is 98.9 Å². The van der Waals surface area contributed by atoms with Crippen LogP contribution < -0.4 is 5.43 Å². The molecule has 4 nitrogen and oxygen atoms in total. The summed E-state index contributed by atoms with van der Waals surface area (Å²) in [7, 11) is 0. The number of nitrogens with one attached hydrogen (secondary N) is 1. The van der Waals surface area contributed by atoms with Crippen LogP contribution in [0.25, 0.3) is 0 Å². The van der Waals surface area contributed by atoms with Crippen LogP contribution in [-0.4, -0.2) is 17.2 Å². The molecule has 0 unspecified atom stereocenters. The highest BCUT2D eigenvalue weighted by molar-refractivity contribution is 6.30. The zero-order valence-corrected chi connectivity index (χ0v) is 9.66. The molecule has 0 spiro atoms. The summed E-state index contributed by atoms with van der Waals surface area (Å²) >= 11 is 5.65. The Bertz CT molecular complexity index is 405. The van der Waals surface area contributed by atoms with E-state index in [0.717, 1.165) is 12.8 Å². The van der Waals surface area contributed by atoms with Crippen LogP contribution in [0.3, 0.4) is 0 Å². The van der Waals surface area contributed by atoms with Crippen molar-refractivity contribution in [3.63, 3.8) is 0 Å². The third kappa shape index (κ3) is 3.55. The van der Waals surface area contributed by atoms with Gasteiger partial charge in [0, 0.05) is 11.2 Å². The number of carbonyl (C=O) groups is 1. The predicted molar refractivity (Wildman–Crippen MR) is 64.0 cm³/mol. The second-order valence-electron chi connectivity index (χ2n) is 3.20. The number of nitrogens with zero attached hydrogens (tertiary/aromatic N) is 1. The first-order valence-corrected chi connectivity index (χ1v) is 5.33. The number of phenols is 1. The highest BCUT2D eigenvalue weighted by Gasteiger charge is 2.09. The Hall–Kier alpha value is -1.55. The monoisotopic (exact) mass is 240 g/mol. The average Bonchev–Trinajstić information content (AvgIpc) is 2.24. The second-order valence-corrected chi connectivity index (χ2v) is 3.64. The van der Waals surface area contributed by atoms with Crippen molar-refractivity contribution in [1.29, 1.82) is 0 Å². The van der Waals surface area contributed by atoms with Gasteiger partial charge in [0.2, 0.25) is 0 Å². The van der Waals surface area contributed by atoms with E-state index in [1.807, 2.05) is 6.92 Å². The summed E-state index contributed by atoms with van der Waals surface area (Å²) < 4.78 is 0. The van der Waals surface area contributed by atoms with Crippen LogP contribution in [-0.2, 0) is 0 Å². The van der Waals surface area contributed by atoms with Crippen molar-refractivity contribution in [2.24, 2.45) is 5.10 Å². The molecule has 0 fully saturated rings. The van der Waals surface area contributed by atoms with Crippen molar-refractivity contribution in [3.8, 4) is 5.75 Å². The number of amides is 1. The lowest BCUT2D eigenvalue weighted by Crippen LogP contribution is -2.17. The second kappa shape index (κ2) is 6.12. The van der Waals surface area contributed by atoms with Crippen LogP contribution in [0.15, 0.2) is 23.3 Å². The van der Waals surface area contributed by atoms with Crippen LogP contribution in [0.4, 0.5) is 0 Å². The molecular formula is C11H13ClN2O2. The molecule has 0 aliphatic carbocycles. The van der Waals surface area contributed by atoms with E-state index >= 15 is 0 Å². The molecule has 16 heavy (non-hydrogen) atoms. The Morgan fingerprint density at radius 3 is 3.00 bits per heavy atom.